The van der Waals surface area contributed by atoms with Gasteiger partial charge in [-0.25, -0.2) is 4.68 Å². The SMILES string of the molecule is CC(=O)OC[C@@H]1O[C@H](n2cc(Cn3c4ccc(Cl)cc4c4cc(Cl)ccc43)nn2)[C@@H](OC(C)=O)[C@H](OC(C)=O)[C@H]1OC(C)=O. The summed E-state index contributed by atoms with van der Waals surface area (Å²) in [6.07, 6.45) is -4.68. The monoisotopic (exact) mass is 646 g/mol. The number of fused-ring (bicyclic) bond motifs is 3. The maximum absolute atomic E-state index is 12.2. The minimum absolute atomic E-state index is 0.272. The van der Waals surface area contributed by atoms with Crippen molar-refractivity contribution >= 4 is 68.9 Å². The molecule has 5 rings (SSSR count). The van der Waals surface area contributed by atoms with E-state index < -0.39 is 54.5 Å². The molecule has 1 aliphatic rings. The van der Waals surface area contributed by atoms with Crippen molar-refractivity contribution in [1.29, 1.82) is 0 Å². The Morgan fingerprint density at radius 3 is 1.89 bits per heavy atom. The first-order valence-corrected chi connectivity index (χ1v) is 14.2. The van der Waals surface area contributed by atoms with Crippen molar-refractivity contribution in [3.05, 3.63) is 58.3 Å². The number of nitrogens with zero attached hydrogens (tertiary/aromatic N) is 4. The van der Waals surface area contributed by atoms with Gasteiger partial charge in [-0.05, 0) is 36.4 Å². The van der Waals surface area contributed by atoms with Gasteiger partial charge in [-0.15, -0.1) is 5.10 Å². The summed E-state index contributed by atoms with van der Waals surface area (Å²) in [6.45, 7) is 4.59. The zero-order valence-electron chi connectivity index (χ0n) is 24.1. The lowest BCUT2D eigenvalue weighted by Crippen LogP contribution is -2.60. The molecular weight excluding hydrogens is 619 g/mol. The number of ether oxygens (including phenoxy) is 5. The lowest BCUT2D eigenvalue weighted by atomic mass is 9.97. The van der Waals surface area contributed by atoms with Crippen LogP contribution in [-0.2, 0) is 49.4 Å². The third-order valence-corrected chi connectivity index (χ3v) is 7.36. The van der Waals surface area contributed by atoms with Crippen molar-refractivity contribution in [2.24, 2.45) is 0 Å². The first-order valence-electron chi connectivity index (χ1n) is 13.5. The van der Waals surface area contributed by atoms with Gasteiger partial charge in [0.15, 0.2) is 24.5 Å². The van der Waals surface area contributed by atoms with E-state index >= 15 is 0 Å². The highest BCUT2D eigenvalue weighted by Gasteiger charge is 2.53. The van der Waals surface area contributed by atoms with Gasteiger partial charge >= 0.3 is 23.9 Å². The molecule has 0 amide bonds. The molecule has 1 fully saturated rings. The number of halogens is 2. The Hall–Kier alpha value is -4.20. The molecule has 0 unspecified atom stereocenters. The van der Waals surface area contributed by atoms with Gasteiger partial charge in [0.05, 0.1) is 12.7 Å². The molecule has 15 heteroatoms. The molecular formula is C29H28Cl2N4O9. The predicted octanol–water partition coefficient (Wildman–Crippen LogP) is 4.00. The Bertz CT molecular complexity index is 1690. The van der Waals surface area contributed by atoms with Crippen LogP contribution in [0.1, 0.15) is 39.6 Å². The van der Waals surface area contributed by atoms with E-state index in [1.165, 1.54) is 18.5 Å². The van der Waals surface area contributed by atoms with E-state index in [-0.39, 0.29) is 13.2 Å². The van der Waals surface area contributed by atoms with Crippen molar-refractivity contribution < 1.29 is 42.9 Å². The number of carbonyl (C=O) groups is 4. The highest BCUT2D eigenvalue weighted by Crippen LogP contribution is 2.36. The van der Waals surface area contributed by atoms with Crippen molar-refractivity contribution in [2.75, 3.05) is 6.61 Å². The van der Waals surface area contributed by atoms with E-state index in [9.17, 15) is 19.2 Å². The van der Waals surface area contributed by atoms with Gasteiger partial charge in [-0.3, -0.25) is 19.2 Å². The largest absolute Gasteiger partial charge is 0.463 e. The van der Waals surface area contributed by atoms with Crippen LogP contribution in [0.4, 0.5) is 0 Å². The van der Waals surface area contributed by atoms with Crippen LogP contribution in [0.2, 0.25) is 10.0 Å². The van der Waals surface area contributed by atoms with Gasteiger partial charge in [-0.2, -0.15) is 0 Å². The molecule has 2 aromatic heterocycles. The zero-order valence-corrected chi connectivity index (χ0v) is 25.6. The van der Waals surface area contributed by atoms with Crippen molar-refractivity contribution in [3.63, 3.8) is 0 Å². The molecule has 13 nitrogen and oxygen atoms in total. The quantitative estimate of drug-likeness (QED) is 0.202. The maximum atomic E-state index is 12.2. The zero-order chi connectivity index (χ0) is 31.7. The Kier molecular flexibility index (Phi) is 9.09. The summed E-state index contributed by atoms with van der Waals surface area (Å²) in [5.41, 5.74) is 2.27. The van der Waals surface area contributed by atoms with E-state index in [1.807, 2.05) is 28.8 Å². The second kappa shape index (κ2) is 12.8. The van der Waals surface area contributed by atoms with E-state index in [0.29, 0.717) is 15.7 Å². The Morgan fingerprint density at radius 1 is 0.795 bits per heavy atom. The maximum Gasteiger partial charge on any atom is 0.303 e. The summed E-state index contributed by atoms with van der Waals surface area (Å²) in [7, 11) is 0. The summed E-state index contributed by atoms with van der Waals surface area (Å²) in [5, 5.41) is 11.5. The van der Waals surface area contributed by atoms with Crippen LogP contribution in [0.15, 0.2) is 42.6 Å². The fourth-order valence-corrected chi connectivity index (χ4v) is 5.65. The summed E-state index contributed by atoms with van der Waals surface area (Å²) in [5.74, 6) is -2.79. The minimum atomic E-state index is -1.33. The first-order chi connectivity index (χ1) is 20.9. The van der Waals surface area contributed by atoms with Crippen molar-refractivity contribution in [2.45, 2.75) is 64.9 Å². The fourth-order valence-electron chi connectivity index (χ4n) is 5.31. The molecule has 232 valence electrons. The topological polar surface area (TPSA) is 150 Å². The van der Waals surface area contributed by atoms with Crippen LogP contribution in [0, 0.1) is 0 Å². The van der Waals surface area contributed by atoms with Gasteiger partial charge < -0.3 is 28.3 Å². The predicted molar refractivity (Wildman–Crippen MR) is 156 cm³/mol. The molecule has 0 bridgehead atoms. The summed E-state index contributed by atoms with van der Waals surface area (Å²) < 4.78 is 31.2. The third kappa shape index (κ3) is 6.64. The number of benzene rings is 2. The Morgan fingerprint density at radius 2 is 1.34 bits per heavy atom. The average Bonchev–Trinajstić information content (AvgIpc) is 3.51. The number of rotatable bonds is 8. The molecule has 0 spiro atoms. The summed E-state index contributed by atoms with van der Waals surface area (Å²) in [4.78, 5) is 48.0. The molecule has 4 aromatic rings. The molecule has 3 heterocycles. The number of carbonyl (C=O) groups excluding carboxylic acids is 4. The van der Waals surface area contributed by atoms with Crippen LogP contribution in [-0.4, -0.2) is 74.5 Å². The second-order valence-electron chi connectivity index (χ2n) is 10.2. The highest BCUT2D eigenvalue weighted by molar-refractivity contribution is 6.33. The summed E-state index contributed by atoms with van der Waals surface area (Å²) in [6, 6.07) is 11.1. The lowest BCUT2D eigenvalue weighted by molar-refractivity contribution is -0.270. The molecule has 0 saturated carbocycles. The molecule has 1 saturated heterocycles. The smallest absolute Gasteiger partial charge is 0.303 e. The van der Waals surface area contributed by atoms with Crippen molar-refractivity contribution in [1.82, 2.24) is 19.6 Å². The van der Waals surface area contributed by atoms with E-state index in [4.69, 9.17) is 46.9 Å². The molecule has 0 aliphatic carbocycles. The molecule has 1 aliphatic heterocycles. The third-order valence-electron chi connectivity index (χ3n) is 6.89. The standard InChI is InChI=1S/C29H28Cl2N4O9/c1-14(36)40-13-25-26(41-15(2)37)27(42-16(3)38)28(43-17(4)39)29(44-25)35-12-20(32-33-35)11-34-23-7-5-18(30)9-21(23)22-10-19(31)6-8-24(22)34/h5-10,12,25-29H,11,13H2,1-4H3/t25-,26-,27+,28-,29-/m0/s1. The molecule has 0 radical (unpaired) electrons. The van der Waals surface area contributed by atoms with Gasteiger partial charge in [-0.1, -0.05) is 28.4 Å². The van der Waals surface area contributed by atoms with Crippen LogP contribution in [0.5, 0.6) is 0 Å². The molecule has 44 heavy (non-hydrogen) atoms. The Labute approximate surface area is 260 Å². The Balaban J connectivity index is 1.54. The second-order valence-corrected chi connectivity index (χ2v) is 11.1. The van der Waals surface area contributed by atoms with E-state index in [0.717, 1.165) is 35.7 Å². The van der Waals surface area contributed by atoms with Crippen LogP contribution >= 0.6 is 23.2 Å². The molecule has 0 N–H and O–H groups in total. The van der Waals surface area contributed by atoms with Crippen LogP contribution in [0.25, 0.3) is 21.8 Å². The number of hydrogen-bond donors (Lipinski definition) is 0. The number of hydrogen-bond acceptors (Lipinski definition) is 11. The van der Waals surface area contributed by atoms with E-state index in [2.05, 4.69) is 10.3 Å². The van der Waals surface area contributed by atoms with Crippen LogP contribution < -0.4 is 0 Å². The van der Waals surface area contributed by atoms with Crippen LogP contribution in [0.3, 0.4) is 0 Å². The number of esters is 4. The van der Waals surface area contributed by atoms with Gasteiger partial charge in [0, 0.05) is 59.5 Å². The first kappa shape index (κ1) is 31.2. The van der Waals surface area contributed by atoms with Gasteiger partial charge in [0.1, 0.15) is 18.4 Å². The minimum Gasteiger partial charge on any atom is -0.463 e. The number of aromatic nitrogens is 4. The molecule has 5 atom stereocenters. The van der Waals surface area contributed by atoms with Gasteiger partial charge in [0.2, 0.25) is 0 Å². The summed E-state index contributed by atoms with van der Waals surface area (Å²) >= 11 is 12.6. The van der Waals surface area contributed by atoms with E-state index in [1.54, 1.807) is 18.3 Å². The average molecular weight is 647 g/mol. The lowest BCUT2D eigenvalue weighted by Gasteiger charge is -2.44. The fraction of sp³-hybridized carbons (Fsp3) is 0.379. The van der Waals surface area contributed by atoms with Crippen molar-refractivity contribution in [3.8, 4) is 0 Å². The van der Waals surface area contributed by atoms with Gasteiger partial charge in [0.25, 0.3) is 0 Å². The molecule has 2 aromatic carbocycles. The highest BCUT2D eigenvalue weighted by atomic mass is 35.5. The normalized spacial score (nSPS) is 21.6.